The quantitative estimate of drug-likeness (QED) is 0.449. The maximum Gasteiger partial charge on any atom is 0.167 e. The number of fused-ring (bicyclic) bond motifs is 3. The number of imidazole rings is 1. The Morgan fingerprint density at radius 2 is 2.00 bits per heavy atom. The largest absolute Gasteiger partial charge is 0.382 e. The molecular formula is C22H18ClN7. The molecule has 0 fully saturated rings. The molecule has 0 aliphatic heterocycles. The molecule has 0 bridgehead atoms. The van der Waals surface area contributed by atoms with Crippen molar-refractivity contribution in [2.45, 2.75) is 13.5 Å². The lowest BCUT2D eigenvalue weighted by Gasteiger charge is -2.15. The Labute approximate surface area is 177 Å². The number of hydrogen-bond donors (Lipinski definition) is 2. The summed E-state index contributed by atoms with van der Waals surface area (Å²) in [5, 5.41) is 4.03. The van der Waals surface area contributed by atoms with Crippen molar-refractivity contribution in [2.75, 3.05) is 11.1 Å². The molecule has 30 heavy (non-hydrogen) atoms. The van der Waals surface area contributed by atoms with E-state index in [-0.39, 0.29) is 0 Å². The number of nitrogen functional groups attached to an aromatic ring is 1. The fraction of sp³-hybridized carbons (Fsp3) is 0.0909. The van der Waals surface area contributed by atoms with Gasteiger partial charge in [0.25, 0.3) is 0 Å². The molecule has 1 aromatic carbocycles. The molecule has 0 amide bonds. The monoisotopic (exact) mass is 415 g/mol. The van der Waals surface area contributed by atoms with Gasteiger partial charge in [0, 0.05) is 35.1 Å². The third kappa shape index (κ3) is 3.09. The number of halogens is 1. The van der Waals surface area contributed by atoms with Crippen LogP contribution in [-0.2, 0) is 6.54 Å². The second-order valence-electron chi connectivity index (χ2n) is 7.02. The number of aryl methyl sites for hydroxylation is 1. The summed E-state index contributed by atoms with van der Waals surface area (Å²) in [7, 11) is 0. The number of benzene rings is 1. The summed E-state index contributed by atoms with van der Waals surface area (Å²) in [6.45, 7) is 2.61. The van der Waals surface area contributed by atoms with Crippen molar-refractivity contribution >= 4 is 39.9 Å². The Hall–Kier alpha value is -3.71. The number of nitrogens with zero attached hydrogens (tertiary/aromatic N) is 5. The van der Waals surface area contributed by atoms with Gasteiger partial charge in [-0.2, -0.15) is 0 Å². The number of pyridine rings is 2. The van der Waals surface area contributed by atoms with Crippen molar-refractivity contribution < 1.29 is 0 Å². The fourth-order valence-electron chi connectivity index (χ4n) is 3.58. The first-order chi connectivity index (χ1) is 14.6. The third-order valence-electron chi connectivity index (χ3n) is 5.02. The Bertz CT molecular complexity index is 1360. The minimum Gasteiger partial charge on any atom is -0.382 e. The average molecular weight is 416 g/mol. The first-order valence-electron chi connectivity index (χ1n) is 9.42. The van der Waals surface area contributed by atoms with Crippen LogP contribution in [0.5, 0.6) is 0 Å². The number of aromatic nitrogens is 5. The van der Waals surface area contributed by atoms with Gasteiger partial charge in [-0.3, -0.25) is 9.38 Å². The number of anilines is 2. The molecule has 0 aliphatic carbocycles. The molecule has 0 saturated carbocycles. The van der Waals surface area contributed by atoms with Gasteiger partial charge in [0.1, 0.15) is 29.0 Å². The van der Waals surface area contributed by atoms with Crippen LogP contribution < -0.4 is 11.1 Å². The molecule has 0 saturated heterocycles. The maximum atomic E-state index is 6.60. The van der Waals surface area contributed by atoms with E-state index in [0.717, 1.165) is 22.3 Å². The van der Waals surface area contributed by atoms with Gasteiger partial charge in [-0.15, -0.1) is 0 Å². The molecule has 0 unspecified atom stereocenters. The molecule has 0 atom stereocenters. The highest BCUT2D eigenvalue weighted by Gasteiger charge is 2.17. The third-order valence-corrected chi connectivity index (χ3v) is 5.34. The van der Waals surface area contributed by atoms with Crippen molar-refractivity contribution in [1.29, 1.82) is 0 Å². The average Bonchev–Trinajstić information content (AvgIpc) is 3.24. The second kappa shape index (κ2) is 7.27. The van der Waals surface area contributed by atoms with Crippen LogP contribution in [0, 0.1) is 6.92 Å². The topological polar surface area (TPSA) is 94.0 Å². The zero-order valence-electron chi connectivity index (χ0n) is 16.2. The number of hydrogen-bond acceptors (Lipinski definition) is 6. The van der Waals surface area contributed by atoms with Crippen molar-refractivity contribution in [3.63, 3.8) is 0 Å². The lowest BCUT2D eigenvalue weighted by atomic mass is 10.00. The molecular weight excluding hydrogens is 398 g/mol. The van der Waals surface area contributed by atoms with Gasteiger partial charge in [0.15, 0.2) is 5.65 Å². The molecule has 4 aromatic heterocycles. The van der Waals surface area contributed by atoms with Crippen molar-refractivity contribution in [2.24, 2.45) is 0 Å². The molecule has 8 heteroatoms. The highest BCUT2D eigenvalue weighted by Crippen LogP contribution is 2.37. The predicted molar refractivity (Wildman–Crippen MR) is 119 cm³/mol. The Balaban J connectivity index is 1.75. The second-order valence-corrected chi connectivity index (χ2v) is 7.43. The van der Waals surface area contributed by atoms with E-state index in [1.54, 1.807) is 18.7 Å². The Kier molecular flexibility index (Phi) is 4.44. The van der Waals surface area contributed by atoms with Gasteiger partial charge in [0.2, 0.25) is 0 Å². The van der Waals surface area contributed by atoms with E-state index >= 15 is 0 Å². The van der Waals surface area contributed by atoms with E-state index in [9.17, 15) is 0 Å². The normalized spacial score (nSPS) is 11.3. The summed E-state index contributed by atoms with van der Waals surface area (Å²) in [6.07, 6.45) is 6.95. The maximum absolute atomic E-state index is 6.60. The van der Waals surface area contributed by atoms with Gasteiger partial charge >= 0.3 is 0 Å². The lowest BCUT2D eigenvalue weighted by molar-refractivity contribution is 1.08. The van der Waals surface area contributed by atoms with Crippen LogP contribution >= 0.6 is 11.6 Å². The predicted octanol–water partition coefficient (Wildman–Crippen LogP) is 4.50. The molecule has 0 radical (unpaired) electrons. The molecule has 3 N–H and O–H groups in total. The van der Waals surface area contributed by atoms with Crippen LogP contribution in [0.25, 0.3) is 27.8 Å². The summed E-state index contributed by atoms with van der Waals surface area (Å²) in [6, 6.07) is 11.7. The summed E-state index contributed by atoms with van der Waals surface area (Å²) >= 11 is 6.60. The minimum absolute atomic E-state index is 0.392. The van der Waals surface area contributed by atoms with Gasteiger partial charge in [-0.1, -0.05) is 29.8 Å². The van der Waals surface area contributed by atoms with E-state index in [1.165, 1.54) is 0 Å². The van der Waals surface area contributed by atoms with Crippen molar-refractivity contribution in [3.8, 4) is 11.1 Å². The number of nitrogens with two attached hydrogens (primary N) is 1. The van der Waals surface area contributed by atoms with Crippen LogP contribution in [0.4, 0.5) is 11.6 Å². The summed E-state index contributed by atoms with van der Waals surface area (Å²) in [5.74, 6) is 1.09. The lowest BCUT2D eigenvalue weighted by Crippen LogP contribution is -2.06. The van der Waals surface area contributed by atoms with Crippen molar-refractivity contribution in [1.82, 2.24) is 24.3 Å². The number of rotatable bonds is 4. The van der Waals surface area contributed by atoms with Crippen LogP contribution in [0.15, 0.2) is 61.3 Å². The van der Waals surface area contributed by atoms with Crippen LogP contribution in [0.2, 0.25) is 5.02 Å². The molecule has 5 rings (SSSR count). The van der Waals surface area contributed by atoms with E-state index in [2.05, 4.69) is 20.3 Å². The SMILES string of the molecule is Cc1cccc(Cl)c1-c1cc(NCc2cccnc2)nc2c1nc(N)c1cncn12. The van der Waals surface area contributed by atoms with E-state index in [0.29, 0.717) is 39.9 Å². The zero-order valence-corrected chi connectivity index (χ0v) is 16.9. The van der Waals surface area contributed by atoms with Crippen LogP contribution in [0.1, 0.15) is 11.1 Å². The van der Waals surface area contributed by atoms with E-state index in [4.69, 9.17) is 22.3 Å². The molecule has 0 aliphatic rings. The van der Waals surface area contributed by atoms with Gasteiger partial charge in [0.05, 0.1) is 6.20 Å². The van der Waals surface area contributed by atoms with E-state index in [1.807, 2.05) is 53.9 Å². The Morgan fingerprint density at radius 3 is 2.80 bits per heavy atom. The standard InChI is InChI=1S/C22H18ClN7/c1-13-4-2-6-16(23)19(13)15-8-18(27-10-14-5-3-7-25-9-14)28-22-20(15)29-21(24)17-11-26-12-30(17)22/h2-9,11-12H,10H2,1H3,(H2,24,29)(H,27,28). The zero-order chi connectivity index (χ0) is 20.7. The van der Waals surface area contributed by atoms with E-state index < -0.39 is 0 Å². The van der Waals surface area contributed by atoms with Gasteiger partial charge in [-0.25, -0.2) is 15.0 Å². The first kappa shape index (κ1) is 18.3. The summed E-state index contributed by atoms with van der Waals surface area (Å²) < 4.78 is 1.85. The molecule has 148 valence electrons. The first-order valence-corrected chi connectivity index (χ1v) is 9.80. The Morgan fingerprint density at radius 1 is 1.10 bits per heavy atom. The van der Waals surface area contributed by atoms with Gasteiger partial charge < -0.3 is 11.1 Å². The summed E-state index contributed by atoms with van der Waals surface area (Å²) in [4.78, 5) is 17.8. The van der Waals surface area contributed by atoms with Crippen LogP contribution in [-0.4, -0.2) is 24.3 Å². The minimum atomic E-state index is 0.392. The highest BCUT2D eigenvalue weighted by atomic mass is 35.5. The molecule has 0 spiro atoms. The summed E-state index contributed by atoms with van der Waals surface area (Å²) in [5.41, 5.74) is 12.1. The number of nitrogens with one attached hydrogen (secondary N) is 1. The highest BCUT2D eigenvalue weighted by molar-refractivity contribution is 6.34. The molecule has 4 heterocycles. The van der Waals surface area contributed by atoms with Crippen molar-refractivity contribution in [3.05, 3.63) is 77.5 Å². The molecule has 5 aromatic rings. The smallest absolute Gasteiger partial charge is 0.167 e. The van der Waals surface area contributed by atoms with Gasteiger partial charge in [-0.05, 0) is 36.2 Å². The fourth-order valence-corrected chi connectivity index (χ4v) is 3.91. The molecule has 7 nitrogen and oxygen atoms in total. The van der Waals surface area contributed by atoms with Crippen LogP contribution in [0.3, 0.4) is 0 Å².